The van der Waals surface area contributed by atoms with Gasteiger partial charge in [-0.2, -0.15) is 0 Å². The average Bonchev–Trinajstić information content (AvgIpc) is 3.25. The van der Waals surface area contributed by atoms with Crippen LogP contribution in [0, 0.1) is 0 Å². The molecule has 0 saturated carbocycles. The molecular formula is C19H21ClN2O4. The highest BCUT2D eigenvalue weighted by Crippen LogP contribution is 2.36. The van der Waals surface area contributed by atoms with E-state index in [9.17, 15) is 4.79 Å². The highest BCUT2D eigenvalue weighted by molar-refractivity contribution is 6.08. The van der Waals surface area contributed by atoms with E-state index in [1.807, 2.05) is 30.3 Å². The molecule has 0 unspecified atom stereocenters. The van der Waals surface area contributed by atoms with Gasteiger partial charge in [-0.1, -0.05) is 18.2 Å². The Morgan fingerprint density at radius 1 is 1.23 bits per heavy atom. The van der Waals surface area contributed by atoms with Crippen molar-refractivity contribution in [1.82, 2.24) is 0 Å². The van der Waals surface area contributed by atoms with Crippen molar-refractivity contribution < 1.29 is 18.7 Å². The van der Waals surface area contributed by atoms with E-state index in [1.54, 1.807) is 13.2 Å². The predicted octanol–water partition coefficient (Wildman–Crippen LogP) is 3.46. The quantitative estimate of drug-likeness (QED) is 0.728. The minimum atomic E-state index is -0.482. The zero-order chi connectivity index (χ0) is 17.4. The van der Waals surface area contributed by atoms with Crippen molar-refractivity contribution in [3.05, 3.63) is 36.4 Å². The number of rotatable bonds is 4. The molecule has 26 heavy (non-hydrogen) atoms. The van der Waals surface area contributed by atoms with Gasteiger partial charge in [-0.3, -0.25) is 4.79 Å². The molecule has 2 heterocycles. The van der Waals surface area contributed by atoms with Crippen LogP contribution < -0.4 is 15.8 Å². The van der Waals surface area contributed by atoms with Crippen LogP contribution in [-0.4, -0.2) is 31.8 Å². The second-order valence-corrected chi connectivity index (χ2v) is 6.20. The molecular weight excluding hydrogens is 356 g/mol. The van der Waals surface area contributed by atoms with Gasteiger partial charge in [0.25, 0.3) is 5.91 Å². The van der Waals surface area contributed by atoms with E-state index in [0.717, 1.165) is 22.8 Å². The van der Waals surface area contributed by atoms with Gasteiger partial charge in [0.2, 0.25) is 0 Å². The van der Waals surface area contributed by atoms with Crippen LogP contribution >= 0.6 is 12.4 Å². The second-order valence-electron chi connectivity index (χ2n) is 6.20. The smallest absolute Gasteiger partial charge is 0.253 e. The number of furan rings is 1. The van der Waals surface area contributed by atoms with Crippen LogP contribution in [0.5, 0.6) is 5.75 Å². The Kier molecular flexibility index (Phi) is 5.36. The molecule has 2 atom stereocenters. The highest BCUT2D eigenvalue weighted by atomic mass is 35.5. The average molecular weight is 377 g/mol. The van der Waals surface area contributed by atoms with Crippen molar-refractivity contribution in [2.75, 3.05) is 19.0 Å². The summed E-state index contributed by atoms with van der Waals surface area (Å²) >= 11 is 0. The number of methoxy groups -OCH3 is 1. The van der Waals surface area contributed by atoms with Crippen molar-refractivity contribution in [2.24, 2.45) is 5.73 Å². The number of halogens is 1. The van der Waals surface area contributed by atoms with Crippen LogP contribution in [0.3, 0.4) is 0 Å². The number of carbonyl (C=O) groups excluding carboxylic acids is 1. The minimum absolute atomic E-state index is 0. The Bertz CT molecular complexity index is 940. The maximum Gasteiger partial charge on any atom is 0.253 e. The van der Waals surface area contributed by atoms with E-state index in [4.69, 9.17) is 19.6 Å². The normalized spacial score (nSPS) is 19.5. The molecule has 1 saturated heterocycles. The molecule has 1 aliphatic rings. The first-order valence-electron chi connectivity index (χ1n) is 8.35. The van der Waals surface area contributed by atoms with Crippen LogP contribution in [0.15, 0.2) is 40.8 Å². The number of ether oxygens (including phenoxy) is 2. The van der Waals surface area contributed by atoms with E-state index in [2.05, 4.69) is 5.32 Å². The fourth-order valence-corrected chi connectivity index (χ4v) is 3.30. The Balaban J connectivity index is 0.00000196. The number of nitrogens with two attached hydrogens (primary N) is 1. The zero-order valence-corrected chi connectivity index (χ0v) is 15.2. The summed E-state index contributed by atoms with van der Waals surface area (Å²) in [6.07, 6.45) is 0.942. The SMILES string of the molecule is COc1cc2c(cc1NC(=O)[C@@H]1CC[C@H](CN)O1)oc1ccccc12.Cl. The van der Waals surface area contributed by atoms with Crippen LogP contribution in [0.25, 0.3) is 21.9 Å². The number of para-hydroxylation sites is 1. The van der Waals surface area contributed by atoms with Crippen molar-refractivity contribution in [1.29, 1.82) is 0 Å². The number of carbonyl (C=O) groups is 1. The van der Waals surface area contributed by atoms with Gasteiger partial charge in [-0.05, 0) is 25.0 Å². The Hall–Kier alpha value is -2.28. The van der Waals surface area contributed by atoms with Crippen LogP contribution in [-0.2, 0) is 9.53 Å². The van der Waals surface area contributed by atoms with Crippen molar-refractivity contribution in [2.45, 2.75) is 25.0 Å². The Morgan fingerprint density at radius 2 is 2.04 bits per heavy atom. The zero-order valence-electron chi connectivity index (χ0n) is 14.4. The molecule has 2 aromatic carbocycles. The first-order valence-corrected chi connectivity index (χ1v) is 8.35. The molecule has 3 N–H and O–H groups in total. The minimum Gasteiger partial charge on any atom is -0.495 e. The van der Waals surface area contributed by atoms with Crippen LogP contribution in [0.2, 0.25) is 0 Å². The molecule has 7 heteroatoms. The number of hydrogen-bond donors (Lipinski definition) is 2. The number of hydrogen-bond acceptors (Lipinski definition) is 5. The van der Waals surface area contributed by atoms with E-state index < -0.39 is 6.10 Å². The first-order chi connectivity index (χ1) is 12.2. The third-order valence-electron chi connectivity index (χ3n) is 4.62. The number of nitrogens with one attached hydrogen (secondary N) is 1. The molecule has 0 spiro atoms. The summed E-state index contributed by atoms with van der Waals surface area (Å²) < 4.78 is 17.0. The number of fused-ring (bicyclic) bond motifs is 3. The summed E-state index contributed by atoms with van der Waals surface area (Å²) in [5.74, 6) is 0.394. The highest BCUT2D eigenvalue weighted by Gasteiger charge is 2.30. The summed E-state index contributed by atoms with van der Waals surface area (Å²) in [5, 5.41) is 4.86. The number of amides is 1. The maximum atomic E-state index is 12.5. The molecule has 1 aromatic heterocycles. The molecule has 3 aromatic rings. The number of benzene rings is 2. The molecule has 6 nitrogen and oxygen atoms in total. The topological polar surface area (TPSA) is 86.7 Å². The molecule has 138 valence electrons. The fraction of sp³-hybridized carbons (Fsp3) is 0.316. The van der Waals surface area contributed by atoms with Gasteiger partial charge in [-0.15, -0.1) is 12.4 Å². The third kappa shape index (κ3) is 3.23. The number of anilines is 1. The molecule has 1 amide bonds. The lowest BCUT2D eigenvalue weighted by Crippen LogP contribution is -2.29. The van der Waals surface area contributed by atoms with Gasteiger partial charge in [0.15, 0.2) is 0 Å². The van der Waals surface area contributed by atoms with E-state index >= 15 is 0 Å². The third-order valence-corrected chi connectivity index (χ3v) is 4.62. The van der Waals surface area contributed by atoms with Crippen molar-refractivity contribution >= 4 is 45.9 Å². The Morgan fingerprint density at radius 3 is 2.77 bits per heavy atom. The molecule has 1 fully saturated rings. The summed E-state index contributed by atoms with van der Waals surface area (Å²) in [4.78, 5) is 12.5. The Labute approximate surface area is 157 Å². The largest absolute Gasteiger partial charge is 0.495 e. The van der Waals surface area contributed by atoms with Crippen molar-refractivity contribution in [3.8, 4) is 5.75 Å². The first kappa shape index (κ1) is 18.5. The van der Waals surface area contributed by atoms with Gasteiger partial charge in [0.05, 0.1) is 18.9 Å². The van der Waals surface area contributed by atoms with Gasteiger partial charge in [-0.25, -0.2) is 0 Å². The second kappa shape index (κ2) is 7.53. The lowest BCUT2D eigenvalue weighted by atomic mass is 10.1. The summed E-state index contributed by atoms with van der Waals surface area (Å²) in [6, 6.07) is 11.5. The molecule has 0 aliphatic carbocycles. The fourth-order valence-electron chi connectivity index (χ4n) is 3.30. The predicted molar refractivity (Wildman–Crippen MR) is 103 cm³/mol. The van der Waals surface area contributed by atoms with E-state index in [0.29, 0.717) is 30.0 Å². The van der Waals surface area contributed by atoms with E-state index in [-0.39, 0.29) is 24.4 Å². The van der Waals surface area contributed by atoms with Crippen molar-refractivity contribution in [3.63, 3.8) is 0 Å². The van der Waals surface area contributed by atoms with Crippen LogP contribution in [0.1, 0.15) is 12.8 Å². The van der Waals surface area contributed by atoms with Gasteiger partial charge < -0.3 is 24.9 Å². The van der Waals surface area contributed by atoms with Gasteiger partial charge in [0.1, 0.15) is 23.0 Å². The van der Waals surface area contributed by atoms with Gasteiger partial charge in [0, 0.05) is 23.4 Å². The summed E-state index contributed by atoms with van der Waals surface area (Å²) in [7, 11) is 1.58. The molecule has 0 bridgehead atoms. The summed E-state index contributed by atoms with van der Waals surface area (Å²) in [6.45, 7) is 0.429. The standard InChI is InChI=1S/C19H20N2O4.ClH/c1-23-18-8-13-12-4-2-3-5-15(12)25-17(13)9-14(18)21-19(22)16-7-6-11(10-20)24-16;/h2-5,8-9,11,16H,6-7,10,20H2,1H3,(H,21,22);1H/t11-,16+;/m1./s1. The molecule has 4 rings (SSSR count). The molecule has 1 aliphatic heterocycles. The maximum absolute atomic E-state index is 12.5. The lowest BCUT2D eigenvalue weighted by Gasteiger charge is -2.14. The molecule has 0 radical (unpaired) electrons. The van der Waals surface area contributed by atoms with Crippen LogP contribution in [0.4, 0.5) is 5.69 Å². The van der Waals surface area contributed by atoms with Gasteiger partial charge >= 0.3 is 0 Å². The lowest BCUT2D eigenvalue weighted by molar-refractivity contribution is -0.126. The monoisotopic (exact) mass is 376 g/mol. The van der Waals surface area contributed by atoms with E-state index in [1.165, 1.54) is 0 Å². The summed E-state index contributed by atoms with van der Waals surface area (Å²) in [5.41, 5.74) is 7.67.